The number of aromatic nitrogens is 2. The molecule has 2 heterocycles. The molecule has 0 radical (unpaired) electrons. The summed E-state index contributed by atoms with van der Waals surface area (Å²) in [4.78, 5) is 24.6. The quantitative estimate of drug-likeness (QED) is 0.843. The van der Waals surface area contributed by atoms with Crippen LogP contribution in [0.1, 0.15) is 18.4 Å². The minimum atomic E-state index is -0.428. The van der Waals surface area contributed by atoms with Crippen LogP contribution in [0.2, 0.25) is 0 Å². The van der Waals surface area contributed by atoms with Crippen molar-refractivity contribution in [2.24, 2.45) is 5.92 Å². The lowest BCUT2D eigenvalue weighted by Crippen LogP contribution is -2.49. The average Bonchev–Trinajstić information content (AvgIpc) is 3.50. The lowest BCUT2D eigenvalue weighted by molar-refractivity contribution is -0.132. The SMILES string of the molecule is Cc1ccc(F)c(Oc2cc(N3CCN(C(=O)C4CC4)CC3)ncn2)c1. The highest BCUT2D eigenvalue weighted by Crippen LogP contribution is 2.31. The number of rotatable bonds is 4. The lowest BCUT2D eigenvalue weighted by atomic mass is 10.2. The molecule has 0 bridgehead atoms. The molecule has 6 nitrogen and oxygen atoms in total. The van der Waals surface area contributed by atoms with E-state index in [1.807, 2.05) is 11.8 Å². The predicted octanol–water partition coefficient (Wildman–Crippen LogP) is 2.78. The highest BCUT2D eigenvalue weighted by Gasteiger charge is 2.34. The third-order valence-corrected chi connectivity index (χ3v) is 4.77. The molecule has 2 aliphatic rings. The molecule has 2 aromatic rings. The summed E-state index contributed by atoms with van der Waals surface area (Å²) in [5, 5.41) is 0. The number of aryl methyl sites for hydroxylation is 1. The zero-order valence-electron chi connectivity index (χ0n) is 14.7. The van der Waals surface area contributed by atoms with Gasteiger partial charge < -0.3 is 14.5 Å². The van der Waals surface area contributed by atoms with E-state index in [-0.39, 0.29) is 17.6 Å². The summed E-state index contributed by atoms with van der Waals surface area (Å²) in [5.74, 6) is 1.28. The van der Waals surface area contributed by atoms with Gasteiger partial charge in [-0.2, -0.15) is 0 Å². The van der Waals surface area contributed by atoms with Crippen LogP contribution < -0.4 is 9.64 Å². The Hall–Kier alpha value is -2.70. The number of halogens is 1. The number of hydrogen-bond donors (Lipinski definition) is 0. The maximum Gasteiger partial charge on any atom is 0.225 e. The number of nitrogens with zero attached hydrogens (tertiary/aromatic N) is 4. The van der Waals surface area contributed by atoms with Crippen LogP contribution in [0.15, 0.2) is 30.6 Å². The fourth-order valence-corrected chi connectivity index (χ4v) is 3.10. The van der Waals surface area contributed by atoms with Gasteiger partial charge in [-0.15, -0.1) is 0 Å². The number of ether oxygens (including phenoxy) is 1. The van der Waals surface area contributed by atoms with Crippen molar-refractivity contribution in [1.82, 2.24) is 14.9 Å². The highest BCUT2D eigenvalue weighted by molar-refractivity contribution is 5.81. The van der Waals surface area contributed by atoms with Gasteiger partial charge in [0.2, 0.25) is 11.8 Å². The number of benzene rings is 1. The molecule has 2 fully saturated rings. The van der Waals surface area contributed by atoms with Gasteiger partial charge in [-0.05, 0) is 37.5 Å². The summed E-state index contributed by atoms with van der Waals surface area (Å²) < 4.78 is 19.5. The molecule has 136 valence electrons. The Labute approximate surface area is 151 Å². The zero-order valence-corrected chi connectivity index (χ0v) is 14.7. The molecule has 7 heteroatoms. The number of anilines is 1. The summed E-state index contributed by atoms with van der Waals surface area (Å²) >= 11 is 0. The van der Waals surface area contributed by atoms with Gasteiger partial charge in [-0.25, -0.2) is 14.4 Å². The molecule has 1 aliphatic carbocycles. The Kier molecular flexibility index (Phi) is 4.44. The van der Waals surface area contributed by atoms with Crippen molar-refractivity contribution in [1.29, 1.82) is 0 Å². The fourth-order valence-electron chi connectivity index (χ4n) is 3.10. The molecule has 4 rings (SSSR count). The predicted molar refractivity (Wildman–Crippen MR) is 94.8 cm³/mol. The molecular formula is C19H21FN4O2. The molecule has 1 aromatic carbocycles. The third kappa shape index (κ3) is 3.61. The summed E-state index contributed by atoms with van der Waals surface area (Å²) in [6.07, 6.45) is 3.47. The van der Waals surface area contributed by atoms with Crippen molar-refractivity contribution in [2.45, 2.75) is 19.8 Å². The largest absolute Gasteiger partial charge is 0.436 e. The Bertz CT molecular complexity index is 817. The molecule has 1 aliphatic heterocycles. The van der Waals surface area contributed by atoms with Gasteiger partial charge in [0, 0.05) is 38.2 Å². The van der Waals surface area contributed by atoms with Crippen molar-refractivity contribution in [3.63, 3.8) is 0 Å². The first-order valence-electron chi connectivity index (χ1n) is 8.90. The second-order valence-electron chi connectivity index (χ2n) is 6.84. The number of piperazine rings is 1. The molecule has 1 amide bonds. The second-order valence-corrected chi connectivity index (χ2v) is 6.84. The van der Waals surface area contributed by atoms with Gasteiger partial charge in [0.15, 0.2) is 11.6 Å². The minimum Gasteiger partial charge on any atom is -0.436 e. The van der Waals surface area contributed by atoms with Crippen LogP contribution in [0.3, 0.4) is 0 Å². The topological polar surface area (TPSA) is 58.6 Å². The Morgan fingerprint density at radius 2 is 1.92 bits per heavy atom. The Morgan fingerprint density at radius 3 is 2.65 bits per heavy atom. The Morgan fingerprint density at radius 1 is 1.15 bits per heavy atom. The molecule has 1 saturated carbocycles. The lowest BCUT2D eigenvalue weighted by Gasteiger charge is -2.35. The zero-order chi connectivity index (χ0) is 18.1. The van der Waals surface area contributed by atoms with Crippen LogP contribution in [0.4, 0.5) is 10.2 Å². The van der Waals surface area contributed by atoms with E-state index < -0.39 is 5.82 Å². The highest BCUT2D eigenvalue weighted by atomic mass is 19.1. The molecule has 1 aromatic heterocycles. The van der Waals surface area contributed by atoms with E-state index in [9.17, 15) is 9.18 Å². The molecule has 0 spiro atoms. The monoisotopic (exact) mass is 356 g/mol. The van der Waals surface area contributed by atoms with Crippen molar-refractivity contribution in [3.05, 3.63) is 42.0 Å². The molecule has 0 atom stereocenters. The van der Waals surface area contributed by atoms with Crippen molar-refractivity contribution in [2.75, 3.05) is 31.1 Å². The number of amides is 1. The van der Waals surface area contributed by atoms with Crippen LogP contribution in [0, 0.1) is 18.7 Å². The number of carbonyl (C=O) groups is 1. The van der Waals surface area contributed by atoms with Crippen LogP contribution >= 0.6 is 0 Å². The maximum absolute atomic E-state index is 13.9. The van der Waals surface area contributed by atoms with Gasteiger partial charge in [0.05, 0.1) is 0 Å². The van der Waals surface area contributed by atoms with Gasteiger partial charge in [-0.1, -0.05) is 6.07 Å². The fraction of sp³-hybridized carbons (Fsp3) is 0.421. The first-order chi connectivity index (χ1) is 12.6. The normalized spacial score (nSPS) is 17.3. The molecule has 0 N–H and O–H groups in total. The van der Waals surface area contributed by atoms with E-state index in [0.29, 0.717) is 32.1 Å². The summed E-state index contributed by atoms with van der Waals surface area (Å²) in [6, 6.07) is 6.42. The van der Waals surface area contributed by atoms with Gasteiger partial charge in [0.25, 0.3) is 0 Å². The number of carbonyl (C=O) groups excluding carboxylic acids is 1. The molecule has 26 heavy (non-hydrogen) atoms. The standard InChI is InChI=1S/C19H21FN4O2/c1-13-2-5-15(20)16(10-13)26-18-11-17(21-12-22-18)23-6-8-24(9-7-23)19(25)14-3-4-14/h2,5,10-12,14H,3-4,6-9H2,1H3. The van der Waals surface area contributed by atoms with Gasteiger partial charge in [-0.3, -0.25) is 4.79 Å². The smallest absolute Gasteiger partial charge is 0.225 e. The summed E-state index contributed by atoms with van der Waals surface area (Å²) in [7, 11) is 0. The average molecular weight is 356 g/mol. The van der Waals surface area contributed by atoms with E-state index in [1.54, 1.807) is 18.2 Å². The van der Waals surface area contributed by atoms with Gasteiger partial charge in [0.1, 0.15) is 12.1 Å². The van der Waals surface area contributed by atoms with E-state index >= 15 is 0 Å². The number of hydrogen-bond acceptors (Lipinski definition) is 5. The summed E-state index contributed by atoms with van der Waals surface area (Å²) in [6.45, 7) is 4.70. The van der Waals surface area contributed by atoms with Crippen molar-refractivity contribution >= 4 is 11.7 Å². The van der Waals surface area contributed by atoms with Crippen LogP contribution in [0.5, 0.6) is 11.6 Å². The van der Waals surface area contributed by atoms with Crippen molar-refractivity contribution in [3.8, 4) is 11.6 Å². The molecule has 0 unspecified atom stereocenters. The van der Waals surface area contributed by atoms with E-state index in [2.05, 4.69) is 14.9 Å². The third-order valence-electron chi connectivity index (χ3n) is 4.77. The van der Waals surface area contributed by atoms with E-state index in [0.717, 1.165) is 24.2 Å². The Balaban J connectivity index is 1.43. The first kappa shape index (κ1) is 16.8. The minimum absolute atomic E-state index is 0.148. The van der Waals surface area contributed by atoms with E-state index in [4.69, 9.17) is 4.74 Å². The molecular weight excluding hydrogens is 335 g/mol. The summed E-state index contributed by atoms with van der Waals surface area (Å²) in [5.41, 5.74) is 0.909. The molecule has 1 saturated heterocycles. The van der Waals surface area contributed by atoms with Gasteiger partial charge >= 0.3 is 0 Å². The maximum atomic E-state index is 13.9. The first-order valence-corrected chi connectivity index (χ1v) is 8.90. The van der Waals surface area contributed by atoms with E-state index in [1.165, 1.54) is 12.4 Å². The van der Waals surface area contributed by atoms with Crippen molar-refractivity contribution < 1.29 is 13.9 Å². The van der Waals surface area contributed by atoms with Crippen LogP contribution in [-0.2, 0) is 4.79 Å². The van der Waals surface area contributed by atoms with Crippen LogP contribution in [-0.4, -0.2) is 47.0 Å². The second kappa shape index (κ2) is 6.90. The van der Waals surface area contributed by atoms with Crippen LogP contribution in [0.25, 0.3) is 0 Å².